The van der Waals surface area contributed by atoms with E-state index in [0.29, 0.717) is 48.9 Å². The molecule has 0 N–H and O–H groups in total. The van der Waals surface area contributed by atoms with E-state index in [1.807, 2.05) is 0 Å². The molecule has 0 radical (unpaired) electrons. The zero-order valence-electron chi connectivity index (χ0n) is 27.9. The van der Waals surface area contributed by atoms with Crippen LogP contribution in [0.15, 0.2) is 80.1 Å². The first-order valence-corrected chi connectivity index (χ1v) is 17.1. The molecule has 0 spiro atoms. The van der Waals surface area contributed by atoms with Crippen molar-refractivity contribution < 1.29 is 42.4 Å². The van der Waals surface area contributed by atoms with Gasteiger partial charge in [0.25, 0.3) is 5.56 Å². The molecule has 0 unspecified atom stereocenters. The molecular formula is C36H34BrFN2O9S. The molecule has 3 aromatic carbocycles. The fourth-order valence-corrected chi connectivity index (χ4v) is 6.79. The van der Waals surface area contributed by atoms with Crippen LogP contribution in [0.1, 0.15) is 43.5 Å². The molecule has 0 bridgehead atoms. The fraction of sp³-hybridized carbons (Fsp3) is 0.278. The third-order valence-corrected chi connectivity index (χ3v) is 9.00. The highest BCUT2D eigenvalue weighted by molar-refractivity contribution is 9.10. The summed E-state index contributed by atoms with van der Waals surface area (Å²) in [5, 5.41) is 0. The molecule has 0 fully saturated rings. The average Bonchev–Trinajstić information content (AvgIpc) is 3.40. The van der Waals surface area contributed by atoms with Crippen LogP contribution in [0.3, 0.4) is 0 Å². The summed E-state index contributed by atoms with van der Waals surface area (Å²) in [5.41, 5.74) is 1.47. The zero-order chi connectivity index (χ0) is 35.9. The number of aromatic nitrogens is 1. The molecule has 11 nitrogen and oxygen atoms in total. The van der Waals surface area contributed by atoms with E-state index in [2.05, 4.69) is 25.7 Å². The zero-order valence-corrected chi connectivity index (χ0v) is 30.3. The lowest BCUT2D eigenvalue weighted by atomic mass is 9.95. The Morgan fingerprint density at radius 2 is 1.78 bits per heavy atom. The Morgan fingerprint density at radius 1 is 1.00 bits per heavy atom. The number of ether oxygens (including phenoxy) is 6. The predicted octanol–water partition coefficient (Wildman–Crippen LogP) is 5.24. The highest BCUT2D eigenvalue weighted by Gasteiger charge is 2.34. The van der Waals surface area contributed by atoms with Crippen LogP contribution in [0.5, 0.6) is 23.0 Å². The van der Waals surface area contributed by atoms with Crippen LogP contribution >= 0.6 is 27.3 Å². The smallest absolute Gasteiger partial charge is 0.343 e. The molecule has 0 saturated carbocycles. The number of benzene rings is 3. The second-order valence-electron chi connectivity index (χ2n) is 10.7. The first-order chi connectivity index (χ1) is 24.1. The lowest BCUT2D eigenvalue weighted by molar-refractivity contribution is -0.143. The van der Waals surface area contributed by atoms with Gasteiger partial charge in [-0.3, -0.25) is 9.36 Å². The molecule has 14 heteroatoms. The third-order valence-electron chi connectivity index (χ3n) is 7.56. The molecule has 0 saturated heterocycles. The van der Waals surface area contributed by atoms with Gasteiger partial charge < -0.3 is 28.4 Å². The number of methoxy groups -OCH3 is 2. The van der Waals surface area contributed by atoms with Crippen LogP contribution in [0, 0.1) is 5.82 Å². The summed E-state index contributed by atoms with van der Waals surface area (Å²) in [7, 11) is 2.74. The van der Waals surface area contributed by atoms with Gasteiger partial charge in [-0.1, -0.05) is 51.5 Å². The summed E-state index contributed by atoms with van der Waals surface area (Å²) < 4.78 is 50.1. The number of hydrogen-bond donors (Lipinski definition) is 0. The maximum atomic E-state index is 14.4. The molecule has 2 heterocycles. The van der Waals surface area contributed by atoms with E-state index >= 15 is 0 Å². The van der Waals surface area contributed by atoms with Crippen LogP contribution in [0.2, 0.25) is 0 Å². The molecule has 1 aliphatic heterocycles. The van der Waals surface area contributed by atoms with Crippen LogP contribution in [0.25, 0.3) is 6.08 Å². The van der Waals surface area contributed by atoms with E-state index in [9.17, 15) is 18.8 Å². The number of halogens is 2. The second-order valence-corrected chi connectivity index (χ2v) is 12.6. The second kappa shape index (κ2) is 16.2. The Balaban J connectivity index is 1.66. The van der Waals surface area contributed by atoms with Crippen molar-refractivity contribution in [2.45, 2.75) is 33.4 Å². The number of esters is 2. The standard InChI is InChI=1S/C36H34BrFN2O9S/c1-6-46-27-15-21(12-13-26(27)48-19-30(41)45-5)32-31(35(43)47-7-2)20(3)39-36-40(32)34(42)29(50-36)16-23-14-24(37)17-28(44-4)33(23)49-18-22-10-8-9-11-25(22)38/h8-17,32H,6-7,18-19H2,1-5H3/b29-16+/t32-/m1/s1. The summed E-state index contributed by atoms with van der Waals surface area (Å²) in [6.45, 7) is 5.12. The maximum Gasteiger partial charge on any atom is 0.343 e. The summed E-state index contributed by atoms with van der Waals surface area (Å²) in [6, 6.07) is 13.7. The van der Waals surface area contributed by atoms with E-state index in [1.54, 1.807) is 75.4 Å². The van der Waals surface area contributed by atoms with Crippen molar-refractivity contribution in [3.8, 4) is 23.0 Å². The van der Waals surface area contributed by atoms with Crippen molar-refractivity contribution in [2.24, 2.45) is 4.99 Å². The normalized spacial score (nSPS) is 14.1. The fourth-order valence-electron chi connectivity index (χ4n) is 5.29. The lowest BCUT2D eigenvalue weighted by Crippen LogP contribution is -2.40. The van der Waals surface area contributed by atoms with Crippen molar-refractivity contribution in [3.63, 3.8) is 0 Å². The molecule has 1 aliphatic rings. The molecule has 262 valence electrons. The predicted molar refractivity (Wildman–Crippen MR) is 187 cm³/mol. The molecule has 1 atom stereocenters. The Bertz CT molecular complexity index is 2140. The van der Waals surface area contributed by atoms with Gasteiger partial charge in [0.1, 0.15) is 12.4 Å². The van der Waals surface area contributed by atoms with E-state index < -0.39 is 29.4 Å². The van der Waals surface area contributed by atoms with Crippen LogP contribution in [-0.2, 0) is 25.7 Å². The molecule has 1 aromatic heterocycles. The van der Waals surface area contributed by atoms with E-state index in [1.165, 1.54) is 24.9 Å². The largest absolute Gasteiger partial charge is 0.493 e. The van der Waals surface area contributed by atoms with Crippen molar-refractivity contribution >= 4 is 45.3 Å². The summed E-state index contributed by atoms with van der Waals surface area (Å²) in [5.74, 6) is -0.375. The molecule has 50 heavy (non-hydrogen) atoms. The van der Waals surface area contributed by atoms with Crippen molar-refractivity contribution in [3.05, 3.63) is 113 Å². The number of carbonyl (C=O) groups excluding carboxylic acids is 2. The van der Waals surface area contributed by atoms with Crippen molar-refractivity contribution in [1.82, 2.24) is 4.57 Å². The van der Waals surface area contributed by atoms with E-state index in [-0.39, 0.29) is 42.3 Å². The Labute approximate surface area is 299 Å². The topological polar surface area (TPSA) is 124 Å². The number of hydrogen-bond acceptors (Lipinski definition) is 11. The number of nitrogens with zero attached hydrogens (tertiary/aromatic N) is 2. The Kier molecular flexibility index (Phi) is 11.8. The van der Waals surface area contributed by atoms with Gasteiger partial charge in [0.05, 0.1) is 49.3 Å². The average molecular weight is 770 g/mol. The molecular weight excluding hydrogens is 735 g/mol. The van der Waals surface area contributed by atoms with Crippen LogP contribution in [0.4, 0.5) is 4.39 Å². The van der Waals surface area contributed by atoms with E-state index in [4.69, 9.17) is 23.7 Å². The van der Waals surface area contributed by atoms with Gasteiger partial charge in [-0.25, -0.2) is 19.0 Å². The molecule has 4 aromatic rings. The van der Waals surface area contributed by atoms with Gasteiger partial charge in [-0.05, 0) is 62.7 Å². The van der Waals surface area contributed by atoms with Crippen molar-refractivity contribution in [1.29, 1.82) is 0 Å². The first-order valence-electron chi connectivity index (χ1n) is 15.5. The maximum absolute atomic E-state index is 14.4. The minimum Gasteiger partial charge on any atom is -0.493 e. The van der Waals surface area contributed by atoms with Gasteiger partial charge in [-0.2, -0.15) is 0 Å². The summed E-state index contributed by atoms with van der Waals surface area (Å²) in [6.07, 6.45) is 1.64. The van der Waals surface area contributed by atoms with Crippen molar-refractivity contribution in [2.75, 3.05) is 34.0 Å². The minimum atomic E-state index is -0.949. The first kappa shape index (κ1) is 36.3. The van der Waals surface area contributed by atoms with Crippen LogP contribution < -0.4 is 33.8 Å². The number of allylic oxidation sites excluding steroid dienone is 1. The SMILES string of the molecule is CCOC(=O)C1=C(C)N=c2s/c(=C/c3cc(Br)cc(OC)c3OCc3ccccc3F)c(=O)n2[C@@H]1c1ccc(OCC(=O)OC)c(OCC)c1. The van der Waals surface area contributed by atoms with E-state index in [0.717, 1.165) is 11.3 Å². The molecule has 0 aliphatic carbocycles. The van der Waals surface area contributed by atoms with Gasteiger partial charge in [0.15, 0.2) is 34.4 Å². The quantitative estimate of drug-likeness (QED) is 0.168. The Hall–Kier alpha value is -4.95. The monoisotopic (exact) mass is 768 g/mol. The van der Waals surface area contributed by atoms with Gasteiger partial charge in [0, 0.05) is 15.6 Å². The number of fused-ring (bicyclic) bond motifs is 1. The highest BCUT2D eigenvalue weighted by atomic mass is 79.9. The van der Waals surface area contributed by atoms with Gasteiger partial charge in [-0.15, -0.1) is 0 Å². The third kappa shape index (κ3) is 7.76. The molecule has 5 rings (SSSR count). The number of thiazole rings is 1. The minimum absolute atomic E-state index is 0.0870. The van der Waals surface area contributed by atoms with Gasteiger partial charge >= 0.3 is 11.9 Å². The van der Waals surface area contributed by atoms with Gasteiger partial charge in [0.2, 0.25) is 0 Å². The summed E-state index contributed by atoms with van der Waals surface area (Å²) >= 11 is 4.62. The number of carbonyl (C=O) groups is 2. The highest BCUT2D eigenvalue weighted by Crippen LogP contribution is 2.38. The summed E-state index contributed by atoms with van der Waals surface area (Å²) in [4.78, 5) is 44.5. The van der Waals surface area contributed by atoms with Crippen LogP contribution in [-0.4, -0.2) is 50.5 Å². The Morgan fingerprint density at radius 3 is 2.48 bits per heavy atom. The lowest BCUT2D eigenvalue weighted by Gasteiger charge is -2.25. The molecule has 0 amide bonds. The number of rotatable bonds is 13.